The van der Waals surface area contributed by atoms with Crippen molar-refractivity contribution < 1.29 is 17.9 Å². The highest BCUT2D eigenvalue weighted by atomic mass is 32.2. The van der Waals surface area contributed by atoms with Gasteiger partial charge in [-0.1, -0.05) is 12.1 Å². The van der Waals surface area contributed by atoms with Crippen LogP contribution >= 0.6 is 0 Å². The lowest BCUT2D eigenvalue weighted by atomic mass is 9.99. The number of ether oxygens (including phenoxy) is 1. The summed E-state index contributed by atoms with van der Waals surface area (Å²) in [4.78, 5) is 16.2. The average Bonchev–Trinajstić information content (AvgIpc) is 2.98. The third-order valence-corrected chi connectivity index (χ3v) is 4.78. The number of hydrogen-bond acceptors (Lipinski definition) is 6. The summed E-state index contributed by atoms with van der Waals surface area (Å²) < 4.78 is 29.2. The van der Waals surface area contributed by atoms with Crippen LogP contribution in [0.1, 0.15) is 10.5 Å². The second-order valence-electron chi connectivity index (χ2n) is 5.49. The summed E-state index contributed by atoms with van der Waals surface area (Å²) in [5.74, 6) is -0.529. The van der Waals surface area contributed by atoms with E-state index in [0.717, 1.165) is 5.56 Å². The first kappa shape index (κ1) is 17.8. The number of benzene rings is 1. The van der Waals surface area contributed by atoms with E-state index in [2.05, 4.69) is 10.1 Å². The van der Waals surface area contributed by atoms with E-state index in [0.29, 0.717) is 16.8 Å². The summed E-state index contributed by atoms with van der Waals surface area (Å²) in [5, 5.41) is 9.57. The van der Waals surface area contributed by atoms with Gasteiger partial charge >= 0.3 is 5.97 Å². The molecule has 134 valence electrons. The van der Waals surface area contributed by atoms with E-state index >= 15 is 0 Å². The van der Waals surface area contributed by atoms with Crippen molar-refractivity contribution in [3.8, 4) is 22.4 Å². The molecule has 0 aliphatic carbocycles. The van der Waals surface area contributed by atoms with E-state index in [1.807, 2.05) is 0 Å². The molecular weight excluding hydrogens is 356 g/mol. The van der Waals surface area contributed by atoms with Gasteiger partial charge in [-0.25, -0.2) is 18.4 Å². The number of methoxy groups -OCH3 is 1. The molecule has 0 amide bonds. The number of esters is 1. The molecule has 2 aromatic heterocycles. The minimum atomic E-state index is -3.79. The SMILES string of the molecule is COC(=O)c1c(-c2ccncc2)c(-c2ccc(S(N)(=O)=O)cc2)nn1C. The number of carbonyl (C=O) groups is 1. The topological polar surface area (TPSA) is 117 Å². The Labute approximate surface area is 150 Å². The number of nitrogens with two attached hydrogens (primary N) is 1. The largest absolute Gasteiger partial charge is 0.464 e. The Morgan fingerprint density at radius 2 is 1.69 bits per heavy atom. The summed E-state index contributed by atoms with van der Waals surface area (Å²) in [5.41, 5.74) is 2.74. The van der Waals surface area contributed by atoms with Crippen molar-refractivity contribution in [1.29, 1.82) is 0 Å². The summed E-state index contributed by atoms with van der Waals surface area (Å²) >= 11 is 0. The van der Waals surface area contributed by atoms with Crippen molar-refractivity contribution in [2.24, 2.45) is 12.2 Å². The van der Waals surface area contributed by atoms with Gasteiger partial charge in [-0.3, -0.25) is 9.67 Å². The van der Waals surface area contributed by atoms with Gasteiger partial charge in [-0.05, 0) is 29.8 Å². The van der Waals surface area contributed by atoms with Crippen molar-refractivity contribution in [3.05, 3.63) is 54.5 Å². The standard InChI is InChI=1S/C17H16N4O4S/c1-21-16(17(22)25-2)14(11-7-9-19-10-8-11)15(20-21)12-3-5-13(6-4-12)26(18,23)24/h3-10H,1-2H3,(H2,18,23,24). The summed E-state index contributed by atoms with van der Waals surface area (Å²) in [6, 6.07) is 9.49. The van der Waals surface area contributed by atoms with Crippen molar-refractivity contribution in [2.75, 3.05) is 7.11 Å². The Morgan fingerprint density at radius 1 is 1.08 bits per heavy atom. The second-order valence-corrected chi connectivity index (χ2v) is 7.05. The van der Waals surface area contributed by atoms with Crippen molar-refractivity contribution in [3.63, 3.8) is 0 Å². The monoisotopic (exact) mass is 372 g/mol. The molecule has 3 aromatic rings. The second kappa shape index (κ2) is 6.70. The number of nitrogens with zero attached hydrogens (tertiary/aromatic N) is 3. The van der Waals surface area contributed by atoms with Gasteiger partial charge in [0.15, 0.2) is 5.69 Å². The molecule has 2 N–H and O–H groups in total. The Bertz CT molecular complexity index is 1060. The zero-order valence-corrected chi connectivity index (χ0v) is 14.9. The van der Waals surface area contributed by atoms with Crippen LogP contribution in [0, 0.1) is 0 Å². The molecule has 0 aliphatic heterocycles. The molecule has 0 unspecified atom stereocenters. The van der Waals surface area contributed by atoms with Crippen LogP contribution < -0.4 is 5.14 Å². The third kappa shape index (κ3) is 3.22. The number of aromatic nitrogens is 3. The molecule has 0 saturated heterocycles. The Hall–Kier alpha value is -3.04. The van der Waals surface area contributed by atoms with Crippen LogP contribution in [0.25, 0.3) is 22.4 Å². The maximum absolute atomic E-state index is 12.3. The highest BCUT2D eigenvalue weighted by molar-refractivity contribution is 7.89. The molecule has 8 nitrogen and oxygen atoms in total. The predicted molar refractivity (Wildman–Crippen MR) is 94.6 cm³/mol. The number of hydrogen-bond donors (Lipinski definition) is 1. The van der Waals surface area contributed by atoms with Crippen LogP contribution in [0.4, 0.5) is 0 Å². The van der Waals surface area contributed by atoms with Crippen molar-refractivity contribution in [2.45, 2.75) is 4.90 Å². The molecule has 3 rings (SSSR count). The van der Waals surface area contributed by atoms with Crippen LogP contribution in [0.2, 0.25) is 0 Å². The van der Waals surface area contributed by atoms with E-state index < -0.39 is 16.0 Å². The molecule has 0 spiro atoms. The zero-order chi connectivity index (χ0) is 18.9. The molecule has 0 aliphatic rings. The molecular formula is C17H16N4O4S. The fraction of sp³-hybridized carbons (Fsp3) is 0.118. The number of aryl methyl sites for hydroxylation is 1. The number of pyridine rings is 1. The molecule has 2 heterocycles. The van der Waals surface area contributed by atoms with Crippen LogP contribution in [-0.4, -0.2) is 36.3 Å². The van der Waals surface area contributed by atoms with Crippen LogP contribution in [0.15, 0.2) is 53.7 Å². The first-order valence-electron chi connectivity index (χ1n) is 7.52. The van der Waals surface area contributed by atoms with Crippen molar-refractivity contribution >= 4 is 16.0 Å². The van der Waals surface area contributed by atoms with Gasteiger partial charge in [-0.2, -0.15) is 5.10 Å². The molecule has 0 saturated carbocycles. The summed E-state index contributed by atoms with van der Waals surface area (Å²) in [6.45, 7) is 0. The van der Waals surface area contributed by atoms with E-state index in [9.17, 15) is 13.2 Å². The minimum Gasteiger partial charge on any atom is -0.464 e. The van der Waals surface area contributed by atoms with Gasteiger partial charge in [0.1, 0.15) is 5.69 Å². The first-order valence-corrected chi connectivity index (χ1v) is 9.06. The fourth-order valence-corrected chi connectivity index (χ4v) is 3.17. The molecule has 26 heavy (non-hydrogen) atoms. The lowest BCUT2D eigenvalue weighted by molar-refractivity contribution is 0.0589. The van der Waals surface area contributed by atoms with Gasteiger partial charge in [0.2, 0.25) is 10.0 Å². The maximum atomic E-state index is 12.3. The Morgan fingerprint density at radius 3 is 2.23 bits per heavy atom. The highest BCUT2D eigenvalue weighted by Gasteiger charge is 2.25. The van der Waals surface area contributed by atoms with Crippen molar-refractivity contribution in [1.82, 2.24) is 14.8 Å². The predicted octanol–water partition coefficient (Wildman–Crippen LogP) is 1.58. The van der Waals surface area contributed by atoms with E-state index in [1.165, 1.54) is 23.9 Å². The van der Waals surface area contributed by atoms with Crippen LogP contribution in [0.3, 0.4) is 0 Å². The highest BCUT2D eigenvalue weighted by Crippen LogP contribution is 2.34. The van der Waals surface area contributed by atoms with Gasteiger partial charge in [0.25, 0.3) is 0 Å². The molecule has 0 fully saturated rings. The summed E-state index contributed by atoms with van der Waals surface area (Å²) in [7, 11) is -0.856. The lowest BCUT2D eigenvalue weighted by Gasteiger charge is -2.06. The van der Waals surface area contributed by atoms with E-state index in [4.69, 9.17) is 9.88 Å². The molecule has 9 heteroatoms. The molecule has 0 atom stereocenters. The number of sulfonamides is 1. The lowest BCUT2D eigenvalue weighted by Crippen LogP contribution is -2.11. The Kier molecular flexibility index (Phi) is 4.58. The number of carbonyl (C=O) groups excluding carboxylic acids is 1. The normalized spacial score (nSPS) is 11.3. The minimum absolute atomic E-state index is 0.00386. The average molecular weight is 372 g/mol. The van der Waals surface area contributed by atoms with Gasteiger partial charge in [0, 0.05) is 30.6 Å². The van der Waals surface area contributed by atoms with E-state index in [-0.39, 0.29) is 10.6 Å². The zero-order valence-electron chi connectivity index (χ0n) is 14.1. The number of primary sulfonamides is 1. The fourth-order valence-electron chi connectivity index (χ4n) is 2.65. The van der Waals surface area contributed by atoms with Gasteiger partial charge < -0.3 is 4.74 Å². The van der Waals surface area contributed by atoms with Gasteiger partial charge in [0.05, 0.1) is 12.0 Å². The quantitative estimate of drug-likeness (QED) is 0.695. The molecule has 0 radical (unpaired) electrons. The van der Waals surface area contributed by atoms with Gasteiger partial charge in [-0.15, -0.1) is 0 Å². The maximum Gasteiger partial charge on any atom is 0.356 e. The van der Waals surface area contributed by atoms with E-state index in [1.54, 1.807) is 43.7 Å². The smallest absolute Gasteiger partial charge is 0.356 e. The first-order chi connectivity index (χ1) is 12.3. The Balaban J connectivity index is 2.24. The molecule has 1 aromatic carbocycles. The third-order valence-electron chi connectivity index (χ3n) is 3.85. The summed E-state index contributed by atoms with van der Waals surface area (Å²) in [6.07, 6.45) is 3.22. The van der Waals surface area contributed by atoms with Crippen LogP contribution in [-0.2, 0) is 21.8 Å². The molecule has 0 bridgehead atoms. The number of rotatable bonds is 4. The van der Waals surface area contributed by atoms with Crippen LogP contribution in [0.5, 0.6) is 0 Å².